The second-order valence-corrected chi connectivity index (χ2v) is 7.49. The molecule has 2 heterocycles. The fourth-order valence-electron chi connectivity index (χ4n) is 3.54. The van der Waals surface area contributed by atoms with Crippen LogP contribution in [-0.2, 0) is 6.18 Å². The number of nitrogens with zero attached hydrogens (tertiary/aromatic N) is 4. The molecule has 3 aromatic rings. The van der Waals surface area contributed by atoms with E-state index in [1.807, 2.05) is 41.3 Å². The average molecular weight is 457 g/mol. The molecule has 10 heteroatoms. The monoisotopic (exact) mass is 457 g/mol. The first-order valence-corrected chi connectivity index (χ1v) is 10.3. The van der Waals surface area contributed by atoms with Crippen molar-refractivity contribution in [2.75, 3.05) is 43.5 Å². The molecule has 33 heavy (non-hydrogen) atoms. The molecule has 172 valence electrons. The highest BCUT2D eigenvalue weighted by Gasteiger charge is 2.30. The Hall–Kier alpha value is -3.82. The van der Waals surface area contributed by atoms with Gasteiger partial charge in [0, 0.05) is 37.4 Å². The average Bonchev–Trinajstić information content (AvgIpc) is 2.84. The first-order valence-electron chi connectivity index (χ1n) is 10.3. The molecule has 0 spiro atoms. The zero-order valence-corrected chi connectivity index (χ0v) is 17.8. The van der Waals surface area contributed by atoms with Crippen LogP contribution in [0.25, 0.3) is 11.3 Å². The summed E-state index contributed by atoms with van der Waals surface area (Å²) >= 11 is 0. The van der Waals surface area contributed by atoms with Crippen LogP contribution < -0.4 is 15.0 Å². The lowest BCUT2D eigenvalue weighted by Gasteiger charge is -2.35. The van der Waals surface area contributed by atoms with E-state index >= 15 is 0 Å². The van der Waals surface area contributed by atoms with Crippen LogP contribution in [0.3, 0.4) is 0 Å². The molecule has 2 aromatic carbocycles. The van der Waals surface area contributed by atoms with Crippen molar-refractivity contribution in [3.05, 3.63) is 66.2 Å². The van der Waals surface area contributed by atoms with Crippen molar-refractivity contribution >= 4 is 17.5 Å². The number of benzene rings is 2. The molecular formula is C23H22F3N5O2. The first kappa shape index (κ1) is 22.4. The van der Waals surface area contributed by atoms with Gasteiger partial charge in [-0.2, -0.15) is 13.2 Å². The number of halogens is 3. The van der Waals surface area contributed by atoms with Crippen molar-refractivity contribution in [2.24, 2.45) is 0 Å². The molecule has 1 aromatic heterocycles. The zero-order chi connectivity index (χ0) is 23.4. The van der Waals surface area contributed by atoms with Crippen molar-refractivity contribution in [3.8, 4) is 17.0 Å². The number of piperazine rings is 1. The number of amides is 2. The van der Waals surface area contributed by atoms with Gasteiger partial charge in [-0.3, -0.25) is 0 Å². The normalized spacial score (nSPS) is 14.2. The van der Waals surface area contributed by atoms with Crippen molar-refractivity contribution < 1.29 is 22.7 Å². The zero-order valence-electron chi connectivity index (χ0n) is 17.8. The number of alkyl halides is 3. The van der Waals surface area contributed by atoms with E-state index in [9.17, 15) is 18.0 Å². The number of ether oxygens (including phenoxy) is 1. The summed E-state index contributed by atoms with van der Waals surface area (Å²) in [6.45, 7) is 1.88. The highest BCUT2D eigenvalue weighted by molar-refractivity contribution is 5.89. The number of aromatic nitrogens is 2. The molecule has 0 atom stereocenters. The molecular weight excluding hydrogens is 435 g/mol. The van der Waals surface area contributed by atoms with Crippen LogP contribution >= 0.6 is 0 Å². The maximum absolute atomic E-state index is 12.9. The van der Waals surface area contributed by atoms with Gasteiger partial charge in [-0.25, -0.2) is 4.79 Å². The SMILES string of the molecule is COc1cccc(-c2ccc(N3CCN(C(=O)Nc4cccc(C(F)(F)F)c4)CC3)nn2)c1. The van der Waals surface area contributed by atoms with Gasteiger partial charge in [0.15, 0.2) is 5.82 Å². The molecule has 1 saturated heterocycles. The number of hydrogen-bond donors (Lipinski definition) is 1. The third-order valence-electron chi connectivity index (χ3n) is 5.35. The van der Waals surface area contributed by atoms with E-state index in [1.54, 1.807) is 12.0 Å². The van der Waals surface area contributed by atoms with Gasteiger partial charge in [-0.15, -0.1) is 10.2 Å². The van der Waals surface area contributed by atoms with Gasteiger partial charge in [-0.1, -0.05) is 18.2 Å². The second kappa shape index (κ2) is 9.35. The molecule has 0 bridgehead atoms. The van der Waals surface area contributed by atoms with Gasteiger partial charge < -0.3 is 19.9 Å². The quantitative estimate of drug-likeness (QED) is 0.624. The predicted octanol–water partition coefficient (Wildman–Crippen LogP) is 4.53. The molecule has 0 aliphatic carbocycles. The summed E-state index contributed by atoms with van der Waals surface area (Å²) in [6, 6.07) is 15.5. The lowest BCUT2D eigenvalue weighted by molar-refractivity contribution is -0.137. The number of carbonyl (C=O) groups excluding carboxylic acids is 1. The Kier molecular flexibility index (Phi) is 6.34. The van der Waals surface area contributed by atoms with Crippen LogP contribution in [0.4, 0.5) is 29.5 Å². The molecule has 0 saturated carbocycles. The lowest BCUT2D eigenvalue weighted by Crippen LogP contribution is -2.50. The molecule has 1 aliphatic heterocycles. The van der Waals surface area contributed by atoms with E-state index in [4.69, 9.17) is 4.74 Å². The van der Waals surface area contributed by atoms with E-state index in [2.05, 4.69) is 15.5 Å². The van der Waals surface area contributed by atoms with E-state index in [-0.39, 0.29) is 5.69 Å². The fourth-order valence-corrected chi connectivity index (χ4v) is 3.54. The van der Waals surface area contributed by atoms with Crippen LogP contribution in [0.5, 0.6) is 5.75 Å². The van der Waals surface area contributed by atoms with Crippen molar-refractivity contribution in [1.29, 1.82) is 0 Å². The van der Waals surface area contributed by atoms with Crippen molar-refractivity contribution in [3.63, 3.8) is 0 Å². The number of rotatable bonds is 4. The van der Waals surface area contributed by atoms with Crippen LogP contribution in [0.2, 0.25) is 0 Å². The molecule has 1 N–H and O–H groups in total. The Bertz CT molecular complexity index is 1110. The number of methoxy groups -OCH3 is 1. The van der Waals surface area contributed by atoms with E-state index in [0.717, 1.165) is 29.1 Å². The van der Waals surface area contributed by atoms with Gasteiger partial charge in [-0.05, 0) is 42.5 Å². The van der Waals surface area contributed by atoms with E-state index < -0.39 is 17.8 Å². The minimum absolute atomic E-state index is 0.108. The van der Waals surface area contributed by atoms with Crippen molar-refractivity contribution in [1.82, 2.24) is 15.1 Å². The van der Waals surface area contributed by atoms with Crippen LogP contribution in [-0.4, -0.2) is 54.4 Å². The maximum Gasteiger partial charge on any atom is 0.416 e. The topological polar surface area (TPSA) is 70.6 Å². The summed E-state index contributed by atoms with van der Waals surface area (Å²) in [7, 11) is 1.60. The lowest BCUT2D eigenvalue weighted by atomic mass is 10.1. The fraction of sp³-hybridized carbons (Fsp3) is 0.261. The van der Waals surface area contributed by atoms with Gasteiger partial charge in [0.2, 0.25) is 0 Å². The summed E-state index contributed by atoms with van der Waals surface area (Å²) in [5, 5.41) is 11.2. The first-order chi connectivity index (χ1) is 15.8. The summed E-state index contributed by atoms with van der Waals surface area (Å²) in [5.74, 6) is 1.43. The van der Waals surface area contributed by atoms with Crippen molar-refractivity contribution in [2.45, 2.75) is 6.18 Å². The minimum atomic E-state index is -4.46. The number of hydrogen-bond acceptors (Lipinski definition) is 5. The Labute approximate surface area is 188 Å². The molecule has 0 radical (unpaired) electrons. The molecule has 1 fully saturated rings. The standard InChI is InChI=1S/C23H22F3N5O2/c1-33-19-7-2-4-16(14-19)20-8-9-21(29-28-20)30-10-12-31(13-11-30)22(32)27-18-6-3-5-17(15-18)23(24,25)26/h2-9,14-15H,10-13H2,1H3,(H,27,32). The number of nitrogens with one attached hydrogen (secondary N) is 1. The van der Waals surface area contributed by atoms with Gasteiger partial charge in [0.25, 0.3) is 0 Å². The second-order valence-electron chi connectivity index (χ2n) is 7.49. The maximum atomic E-state index is 12.9. The van der Waals surface area contributed by atoms with Crippen LogP contribution in [0.1, 0.15) is 5.56 Å². The Morgan fingerprint density at radius 2 is 1.73 bits per heavy atom. The van der Waals surface area contributed by atoms with Gasteiger partial charge in [0.05, 0.1) is 18.4 Å². The predicted molar refractivity (Wildman–Crippen MR) is 118 cm³/mol. The summed E-state index contributed by atoms with van der Waals surface area (Å²) in [6.07, 6.45) is -4.46. The van der Waals surface area contributed by atoms with Crippen LogP contribution in [0, 0.1) is 0 Å². The minimum Gasteiger partial charge on any atom is -0.497 e. The summed E-state index contributed by atoms with van der Waals surface area (Å²) < 4.78 is 43.9. The number of urea groups is 1. The van der Waals surface area contributed by atoms with Gasteiger partial charge >= 0.3 is 12.2 Å². The smallest absolute Gasteiger partial charge is 0.416 e. The molecule has 0 unspecified atom stereocenters. The number of anilines is 2. The highest BCUT2D eigenvalue weighted by Crippen LogP contribution is 2.30. The Morgan fingerprint density at radius 1 is 0.970 bits per heavy atom. The Balaban J connectivity index is 1.34. The van der Waals surface area contributed by atoms with Gasteiger partial charge in [0.1, 0.15) is 5.75 Å². The molecule has 2 amide bonds. The molecule has 1 aliphatic rings. The summed E-state index contributed by atoms with van der Waals surface area (Å²) in [4.78, 5) is 16.1. The van der Waals surface area contributed by atoms with E-state index in [0.29, 0.717) is 32.0 Å². The molecule has 4 rings (SSSR count). The largest absolute Gasteiger partial charge is 0.497 e. The third-order valence-corrected chi connectivity index (χ3v) is 5.35. The third kappa shape index (κ3) is 5.33. The van der Waals surface area contributed by atoms with E-state index in [1.165, 1.54) is 12.1 Å². The molecule has 7 nitrogen and oxygen atoms in total. The highest BCUT2D eigenvalue weighted by atomic mass is 19.4. The Morgan fingerprint density at radius 3 is 2.39 bits per heavy atom. The summed E-state index contributed by atoms with van der Waals surface area (Å²) in [5.41, 5.74) is 0.915. The van der Waals surface area contributed by atoms with Crippen LogP contribution in [0.15, 0.2) is 60.7 Å². The number of carbonyl (C=O) groups is 1.